The fraction of sp³-hybridized carbons (Fsp3) is 0.444. The van der Waals surface area contributed by atoms with Crippen molar-refractivity contribution in [1.82, 2.24) is 20.3 Å². The summed E-state index contributed by atoms with van der Waals surface area (Å²) >= 11 is 0. The Bertz CT molecular complexity index is 712. The van der Waals surface area contributed by atoms with Crippen LogP contribution >= 0.6 is 0 Å². The van der Waals surface area contributed by atoms with Gasteiger partial charge in [0.25, 0.3) is 0 Å². The molecule has 4 rings (SSSR count). The molecule has 2 saturated heterocycles. The van der Waals surface area contributed by atoms with Crippen molar-refractivity contribution in [3.05, 3.63) is 48.5 Å². The first-order chi connectivity index (χ1) is 12.3. The molecule has 3 atom stereocenters. The van der Waals surface area contributed by atoms with Gasteiger partial charge in [-0.05, 0) is 37.0 Å². The molecule has 4 heterocycles. The molecular formula is C18H21N5O2. The van der Waals surface area contributed by atoms with E-state index in [4.69, 9.17) is 4.74 Å². The molecule has 0 bridgehead atoms. The second-order valence-electron chi connectivity index (χ2n) is 6.42. The Kier molecular flexibility index (Phi) is 4.56. The summed E-state index contributed by atoms with van der Waals surface area (Å²) in [5.41, 5.74) is 0.984. The highest BCUT2D eigenvalue weighted by Crippen LogP contribution is 2.33. The van der Waals surface area contributed by atoms with Crippen molar-refractivity contribution in [2.45, 2.75) is 44.1 Å². The van der Waals surface area contributed by atoms with Gasteiger partial charge in [-0.2, -0.15) is 0 Å². The van der Waals surface area contributed by atoms with Crippen LogP contribution in [-0.2, 0) is 16.1 Å². The molecule has 0 radical (unpaired) electrons. The molecule has 7 heteroatoms. The molecule has 0 saturated carbocycles. The number of carbonyl (C=O) groups excluding carboxylic acids is 1. The van der Waals surface area contributed by atoms with Crippen LogP contribution in [0.4, 0.5) is 5.95 Å². The number of carbonyl (C=O) groups is 1. The fourth-order valence-corrected chi connectivity index (χ4v) is 3.61. The summed E-state index contributed by atoms with van der Waals surface area (Å²) in [7, 11) is 0. The first kappa shape index (κ1) is 16.0. The Labute approximate surface area is 146 Å². The molecule has 2 aromatic heterocycles. The lowest BCUT2D eigenvalue weighted by Crippen LogP contribution is -2.48. The quantitative estimate of drug-likeness (QED) is 0.905. The van der Waals surface area contributed by atoms with E-state index in [0.29, 0.717) is 13.0 Å². The van der Waals surface area contributed by atoms with Crippen LogP contribution in [0.25, 0.3) is 0 Å². The Morgan fingerprint density at radius 3 is 2.88 bits per heavy atom. The van der Waals surface area contributed by atoms with Gasteiger partial charge in [0.2, 0.25) is 11.9 Å². The van der Waals surface area contributed by atoms with Gasteiger partial charge in [-0.15, -0.1) is 0 Å². The van der Waals surface area contributed by atoms with E-state index in [9.17, 15) is 4.79 Å². The van der Waals surface area contributed by atoms with Gasteiger partial charge in [-0.25, -0.2) is 9.97 Å². The molecule has 2 aliphatic rings. The van der Waals surface area contributed by atoms with Crippen LogP contribution in [0.5, 0.6) is 0 Å². The molecule has 7 nitrogen and oxygen atoms in total. The summed E-state index contributed by atoms with van der Waals surface area (Å²) in [6.45, 7) is 1.34. The second-order valence-corrected chi connectivity index (χ2v) is 6.42. The lowest BCUT2D eigenvalue weighted by molar-refractivity contribution is -0.141. The molecule has 1 N–H and O–H groups in total. The van der Waals surface area contributed by atoms with Crippen LogP contribution in [0.2, 0.25) is 0 Å². The smallest absolute Gasteiger partial charge is 0.249 e. The van der Waals surface area contributed by atoms with Crippen molar-refractivity contribution in [2.24, 2.45) is 0 Å². The summed E-state index contributed by atoms with van der Waals surface area (Å²) in [5, 5.41) is 2.95. The SMILES string of the molecule is O=C(NCc1cccnc1)[C@@H]1CC[C@@H]2[C@@H](CCN2c2ncccn2)O1. The molecular weight excluding hydrogens is 318 g/mol. The summed E-state index contributed by atoms with van der Waals surface area (Å²) in [5.74, 6) is 0.704. The van der Waals surface area contributed by atoms with Gasteiger partial charge in [0.1, 0.15) is 6.10 Å². The molecule has 2 aliphatic heterocycles. The highest BCUT2D eigenvalue weighted by Gasteiger charge is 2.42. The van der Waals surface area contributed by atoms with Gasteiger partial charge in [0.15, 0.2) is 0 Å². The zero-order valence-electron chi connectivity index (χ0n) is 13.9. The minimum absolute atomic E-state index is 0.0447. The van der Waals surface area contributed by atoms with Crippen molar-refractivity contribution in [3.63, 3.8) is 0 Å². The van der Waals surface area contributed by atoms with E-state index in [1.807, 2.05) is 18.2 Å². The van der Waals surface area contributed by atoms with Gasteiger partial charge in [0.05, 0.1) is 12.1 Å². The number of nitrogens with one attached hydrogen (secondary N) is 1. The third-order valence-corrected chi connectivity index (χ3v) is 4.84. The van der Waals surface area contributed by atoms with E-state index in [0.717, 1.165) is 30.9 Å². The number of aromatic nitrogens is 3. The summed E-state index contributed by atoms with van der Waals surface area (Å²) < 4.78 is 6.09. The van der Waals surface area contributed by atoms with Crippen molar-refractivity contribution < 1.29 is 9.53 Å². The number of pyridine rings is 1. The summed E-state index contributed by atoms with van der Waals surface area (Å²) in [6.07, 6.45) is 9.20. The Hall–Kier alpha value is -2.54. The van der Waals surface area contributed by atoms with Gasteiger partial charge >= 0.3 is 0 Å². The Morgan fingerprint density at radius 2 is 2.08 bits per heavy atom. The van der Waals surface area contributed by atoms with Gasteiger partial charge in [-0.1, -0.05) is 6.07 Å². The molecule has 0 spiro atoms. The Balaban J connectivity index is 1.33. The minimum Gasteiger partial charge on any atom is -0.363 e. The second kappa shape index (κ2) is 7.14. The lowest BCUT2D eigenvalue weighted by Gasteiger charge is -2.35. The average Bonchev–Trinajstić information content (AvgIpc) is 3.11. The predicted octanol–water partition coefficient (Wildman–Crippen LogP) is 1.31. The number of anilines is 1. The van der Waals surface area contributed by atoms with Crippen LogP contribution in [0.3, 0.4) is 0 Å². The Morgan fingerprint density at radius 1 is 1.20 bits per heavy atom. The van der Waals surface area contributed by atoms with Gasteiger partial charge in [-0.3, -0.25) is 9.78 Å². The molecule has 2 fully saturated rings. The van der Waals surface area contributed by atoms with Crippen LogP contribution in [0.15, 0.2) is 43.0 Å². The van der Waals surface area contributed by atoms with Crippen LogP contribution < -0.4 is 10.2 Å². The predicted molar refractivity (Wildman–Crippen MR) is 91.8 cm³/mol. The van der Waals surface area contributed by atoms with Gasteiger partial charge in [0, 0.05) is 37.9 Å². The third kappa shape index (κ3) is 3.46. The maximum absolute atomic E-state index is 12.4. The van der Waals surface area contributed by atoms with E-state index < -0.39 is 0 Å². The third-order valence-electron chi connectivity index (χ3n) is 4.84. The van der Waals surface area contributed by atoms with Gasteiger partial charge < -0.3 is 15.0 Å². The minimum atomic E-state index is -0.380. The first-order valence-electron chi connectivity index (χ1n) is 8.67. The summed E-state index contributed by atoms with van der Waals surface area (Å²) in [4.78, 5) is 27.4. The zero-order valence-corrected chi connectivity index (χ0v) is 13.9. The van der Waals surface area contributed by atoms with E-state index in [2.05, 4.69) is 25.2 Å². The molecule has 2 aromatic rings. The summed E-state index contributed by atoms with van der Waals surface area (Å²) in [6, 6.07) is 5.88. The number of fused-ring (bicyclic) bond motifs is 1. The highest BCUT2D eigenvalue weighted by atomic mass is 16.5. The number of ether oxygens (including phenoxy) is 1. The van der Waals surface area contributed by atoms with Crippen molar-refractivity contribution in [1.29, 1.82) is 0 Å². The molecule has 25 heavy (non-hydrogen) atoms. The van der Waals surface area contributed by atoms with Crippen LogP contribution in [0.1, 0.15) is 24.8 Å². The number of nitrogens with zero attached hydrogens (tertiary/aromatic N) is 4. The zero-order chi connectivity index (χ0) is 17.1. The number of rotatable bonds is 4. The number of hydrogen-bond donors (Lipinski definition) is 1. The largest absolute Gasteiger partial charge is 0.363 e. The maximum Gasteiger partial charge on any atom is 0.249 e. The van der Waals surface area contributed by atoms with Crippen molar-refractivity contribution >= 4 is 11.9 Å². The number of hydrogen-bond acceptors (Lipinski definition) is 6. The monoisotopic (exact) mass is 339 g/mol. The van der Waals surface area contributed by atoms with E-state index in [1.54, 1.807) is 24.8 Å². The van der Waals surface area contributed by atoms with E-state index in [1.165, 1.54) is 0 Å². The first-order valence-corrected chi connectivity index (χ1v) is 8.67. The maximum atomic E-state index is 12.4. The lowest BCUT2D eigenvalue weighted by atomic mass is 9.98. The van der Waals surface area contributed by atoms with Crippen molar-refractivity contribution in [2.75, 3.05) is 11.4 Å². The van der Waals surface area contributed by atoms with Crippen molar-refractivity contribution in [3.8, 4) is 0 Å². The van der Waals surface area contributed by atoms with Crippen LogP contribution in [0, 0.1) is 0 Å². The number of amides is 1. The topological polar surface area (TPSA) is 80.2 Å². The van der Waals surface area contributed by atoms with Crippen LogP contribution in [-0.4, -0.2) is 45.7 Å². The standard InChI is InChI=1S/C18H21N5O2/c24-17(22-12-13-3-1-7-19-11-13)16-5-4-14-15(25-16)6-10-23(14)18-20-8-2-9-21-18/h1-3,7-9,11,14-16H,4-6,10,12H2,(H,22,24)/t14-,15-,16+/m1/s1. The van der Waals surface area contributed by atoms with E-state index in [-0.39, 0.29) is 24.2 Å². The fourth-order valence-electron chi connectivity index (χ4n) is 3.61. The molecule has 0 aliphatic carbocycles. The van der Waals surface area contributed by atoms with E-state index >= 15 is 0 Å². The molecule has 0 aromatic carbocycles. The molecule has 130 valence electrons. The highest BCUT2D eigenvalue weighted by molar-refractivity contribution is 5.80. The molecule has 1 amide bonds. The molecule has 0 unspecified atom stereocenters. The average molecular weight is 339 g/mol. The normalized spacial score (nSPS) is 25.4.